The molecule has 3 fully saturated rings. The zero-order valence-corrected chi connectivity index (χ0v) is 32.1. The lowest BCUT2D eigenvalue weighted by atomic mass is 9.82. The molecule has 15 nitrogen and oxygen atoms in total. The SMILES string of the molecule is C1CCC(C2=NN=C(C3=NN=C(C4CCCCC4)C3)C2)CC1.CC(=O)O.CO.II.N.NNC(=O)C(=O)NN.O=CC1CCCCC1. The summed E-state index contributed by atoms with van der Waals surface area (Å²) >= 11 is 4.24. The number of carboxylic acid groups (broad SMARTS) is 1. The molecule has 2 aliphatic heterocycles. The third-order valence-electron chi connectivity index (χ3n) is 8.09. The second-order valence-electron chi connectivity index (χ2n) is 11.3. The molecule has 270 valence electrons. The standard InChI is InChI=1S/C18H26N4.C7H12O.C2H6N4O2.C2H4O2.CH4O.I2.H3N/c1-3-7-13(8-4-1)15-11-17(21-19-15)18-12-16(20-22-18)14-9-5-2-6-10-14;8-6-7-4-2-1-3-5-7;3-5-1(7)2(8)6-4;1-2(3)4;2*1-2;/h13-14H,1-12H2;6-7H,1-5H2;3-4H2,(H,5,7)(H,6,8);1H3,(H,3,4);2H,1H3;;1H3. The van der Waals surface area contributed by atoms with Gasteiger partial charge in [-0.1, -0.05) is 57.8 Å². The first kappa shape index (κ1) is 47.2. The topological polar surface area (TPSA) is 269 Å². The number of carbonyl (C=O) groups is 4. The monoisotopic (exact) mass is 891 g/mol. The van der Waals surface area contributed by atoms with Crippen LogP contribution in [0.15, 0.2) is 20.4 Å². The number of hydrogen-bond acceptors (Lipinski definition) is 12. The van der Waals surface area contributed by atoms with Gasteiger partial charge in [0.15, 0.2) is 0 Å². The van der Waals surface area contributed by atoms with Crippen molar-refractivity contribution in [3.8, 4) is 0 Å². The highest BCUT2D eigenvalue weighted by Crippen LogP contribution is 2.30. The number of hydrogen-bond donors (Lipinski definition) is 7. The number of carbonyl (C=O) groups excluding carboxylic acids is 3. The smallest absolute Gasteiger partial charge is 0.324 e. The van der Waals surface area contributed by atoms with Gasteiger partial charge in [0.1, 0.15) is 6.29 Å². The first-order valence-corrected chi connectivity index (χ1v) is 22.1. The summed E-state index contributed by atoms with van der Waals surface area (Å²) in [6.07, 6.45) is 22.5. The van der Waals surface area contributed by atoms with E-state index >= 15 is 0 Å². The lowest BCUT2D eigenvalue weighted by molar-refractivity contribution is -0.139. The second-order valence-corrected chi connectivity index (χ2v) is 11.3. The van der Waals surface area contributed by atoms with Gasteiger partial charge in [0.25, 0.3) is 5.97 Å². The Hall–Kier alpha value is -1.94. The predicted octanol–water partition coefficient (Wildman–Crippen LogP) is 4.91. The van der Waals surface area contributed by atoms with Gasteiger partial charge in [-0.2, -0.15) is 20.4 Å². The van der Waals surface area contributed by atoms with E-state index in [-0.39, 0.29) is 6.15 Å². The van der Waals surface area contributed by atoms with Gasteiger partial charge in [0.2, 0.25) is 0 Å². The predicted molar refractivity (Wildman–Crippen MR) is 204 cm³/mol. The Labute approximate surface area is 301 Å². The molecule has 0 atom stereocenters. The second kappa shape index (κ2) is 30.1. The molecule has 5 aliphatic rings. The molecule has 5 rings (SSSR count). The quantitative estimate of drug-likeness (QED) is 0.0504. The van der Waals surface area contributed by atoms with Crippen LogP contribution in [0.1, 0.15) is 116 Å². The van der Waals surface area contributed by atoms with E-state index < -0.39 is 17.8 Å². The van der Waals surface area contributed by atoms with Gasteiger partial charge >= 0.3 is 11.8 Å². The van der Waals surface area contributed by atoms with E-state index in [0.29, 0.717) is 17.8 Å². The Bertz CT molecular complexity index is 971. The number of aliphatic hydroxyl groups excluding tert-OH is 1. The van der Waals surface area contributed by atoms with Crippen LogP contribution in [-0.4, -0.2) is 64.2 Å². The normalized spacial score (nSPS) is 18.9. The molecule has 0 aromatic carbocycles. The van der Waals surface area contributed by atoms with Crippen LogP contribution in [0.3, 0.4) is 0 Å². The molecule has 0 aromatic rings. The Morgan fingerprint density at radius 1 is 0.681 bits per heavy atom. The molecule has 3 saturated carbocycles. The molecule has 0 bridgehead atoms. The number of aldehydes is 1. The van der Waals surface area contributed by atoms with Gasteiger partial charge in [-0.05, 0) is 50.4 Å². The van der Waals surface area contributed by atoms with Gasteiger partial charge < -0.3 is 21.2 Å². The van der Waals surface area contributed by atoms with Crippen molar-refractivity contribution in [1.29, 1.82) is 0 Å². The van der Waals surface area contributed by atoms with Crippen molar-refractivity contribution in [2.24, 2.45) is 49.8 Å². The lowest BCUT2D eigenvalue weighted by Crippen LogP contribution is -2.45. The Morgan fingerprint density at radius 2 is 0.979 bits per heavy atom. The van der Waals surface area contributed by atoms with E-state index in [1.165, 1.54) is 94.9 Å². The lowest BCUT2D eigenvalue weighted by Gasteiger charge is -2.21. The van der Waals surface area contributed by atoms with Crippen LogP contribution < -0.4 is 28.7 Å². The number of aliphatic hydroxyl groups is 1. The van der Waals surface area contributed by atoms with Crippen LogP contribution in [0.25, 0.3) is 0 Å². The minimum Gasteiger partial charge on any atom is -0.481 e. The first-order chi connectivity index (χ1) is 22.3. The number of carboxylic acids is 1. The zero-order valence-electron chi connectivity index (χ0n) is 27.8. The summed E-state index contributed by atoms with van der Waals surface area (Å²) in [4.78, 5) is 39.2. The number of rotatable bonds is 4. The van der Waals surface area contributed by atoms with E-state index in [4.69, 9.17) is 15.0 Å². The molecule has 0 spiro atoms. The van der Waals surface area contributed by atoms with Gasteiger partial charge in [0.05, 0.1) is 11.4 Å². The number of halogens is 2. The zero-order chi connectivity index (χ0) is 34.7. The highest BCUT2D eigenvalue weighted by Gasteiger charge is 2.30. The van der Waals surface area contributed by atoms with E-state index in [0.717, 1.165) is 57.4 Å². The van der Waals surface area contributed by atoms with E-state index in [2.05, 4.69) is 69.3 Å². The fourth-order valence-electron chi connectivity index (χ4n) is 5.78. The molecule has 2 amide bonds. The van der Waals surface area contributed by atoms with Gasteiger partial charge in [0, 0.05) is 81.4 Å². The molecule has 0 saturated heterocycles. The molecule has 2 heterocycles. The summed E-state index contributed by atoms with van der Waals surface area (Å²) in [5, 5.41) is 32.3. The summed E-state index contributed by atoms with van der Waals surface area (Å²) in [7, 11) is 1.00. The van der Waals surface area contributed by atoms with Crippen molar-refractivity contribution in [3.05, 3.63) is 0 Å². The highest BCUT2D eigenvalue weighted by molar-refractivity contribution is 15.0. The third kappa shape index (κ3) is 20.2. The van der Waals surface area contributed by atoms with Crippen LogP contribution >= 0.6 is 37.2 Å². The van der Waals surface area contributed by atoms with Gasteiger partial charge in [-0.3, -0.25) is 25.2 Å². The Kier molecular flexibility index (Phi) is 30.3. The molecule has 0 aromatic heterocycles. The van der Waals surface area contributed by atoms with Crippen molar-refractivity contribution in [1.82, 2.24) is 17.0 Å². The number of aliphatic carboxylic acids is 1. The maximum absolute atomic E-state index is 10.2. The van der Waals surface area contributed by atoms with Crippen LogP contribution in [0.5, 0.6) is 0 Å². The molecular formula is C30H55I2N9O6. The van der Waals surface area contributed by atoms with E-state index in [9.17, 15) is 14.4 Å². The summed E-state index contributed by atoms with van der Waals surface area (Å²) < 4.78 is 0. The van der Waals surface area contributed by atoms with Crippen LogP contribution in [0.2, 0.25) is 0 Å². The Morgan fingerprint density at radius 3 is 1.23 bits per heavy atom. The summed E-state index contributed by atoms with van der Waals surface area (Å²) in [6, 6.07) is 0. The summed E-state index contributed by atoms with van der Waals surface area (Å²) in [5.74, 6) is 8.06. The van der Waals surface area contributed by atoms with Crippen molar-refractivity contribution in [3.63, 3.8) is 0 Å². The third-order valence-corrected chi connectivity index (χ3v) is 8.09. The average Bonchev–Trinajstić information content (AvgIpc) is 3.82. The van der Waals surface area contributed by atoms with Crippen molar-refractivity contribution < 1.29 is 29.4 Å². The minimum atomic E-state index is -0.965. The number of hydrazine groups is 2. The average molecular weight is 892 g/mol. The maximum atomic E-state index is 10.2. The first-order valence-electron chi connectivity index (χ1n) is 15.8. The van der Waals surface area contributed by atoms with E-state index in [1.807, 2.05) is 0 Å². The number of amides is 2. The van der Waals surface area contributed by atoms with Crippen molar-refractivity contribution >= 4 is 84.1 Å². The maximum Gasteiger partial charge on any atom is 0.324 e. The molecule has 17 heteroatoms. The highest BCUT2D eigenvalue weighted by atomic mass is 128. The number of nitrogens with zero attached hydrogens (tertiary/aromatic N) is 4. The molecule has 11 N–H and O–H groups in total. The van der Waals surface area contributed by atoms with Crippen LogP contribution in [-0.2, 0) is 19.2 Å². The fourth-order valence-corrected chi connectivity index (χ4v) is 5.78. The summed E-state index contributed by atoms with van der Waals surface area (Å²) in [6.45, 7) is 1.08. The minimum absolute atomic E-state index is 0. The van der Waals surface area contributed by atoms with Crippen molar-refractivity contribution in [2.75, 3.05) is 7.11 Å². The molecule has 3 aliphatic carbocycles. The summed E-state index contributed by atoms with van der Waals surface area (Å²) in [5.41, 5.74) is 7.97. The molecule has 47 heavy (non-hydrogen) atoms. The molecular weight excluding hydrogens is 836 g/mol. The van der Waals surface area contributed by atoms with Gasteiger partial charge in [-0.15, -0.1) is 0 Å². The number of nitrogens with one attached hydrogen (secondary N) is 2. The van der Waals surface area contributed by atoms with E-state index in [1.54, 1.807) is 10.9 Å². The fraction of sp³-hybridized carbons (Fsp3) is 0.733. The molecule has 0 radical (unpaired) electrons. The van der Waals surface area contributed by atoms with Gasteiger partial charge in [-0.25, -0.2) is 11.7 Å². The number of nitrogens with two attached hydrogens (primary N) is 2. The Balaban J connectivity index is 0. The molecule has 0 unspecified atom stereocenters. The van der Waals surface area contributed by atoms with Crippen LogP contribution in [0, 0.1) is 17.8 Å². The van der Waals surface area contributed by atoms with Crippen molar-refractivity contribution in [2.45, 2.75) is 116 Å². The van der Waals surface area contributed by atoms with Crippen LogP contribution in [0.4, 0.5) is 0 Å². The largest absolute Gasteiger partial charge is 0.481 e.